The topological polar surface area (TPSA) is 29.1 Å². The first-order valence-corrected chi connectivity index (χ1v) is 4.95. The smallest absolute Gasteiger partial charge is 0.326 e. The zero-order valence-electron chi connectivity index (χ0n) is 8.14. The third-order valence-corrected chi connectivity index (χ3v) is 2.03. The Morgan fingerprint density at radius 2 is 2.06 bits per heavy atom. The number of rotatable bonds is 3. The third-order valence-electron chi connectivity index (χ3n) is 1.73. The number of benzene rings is 1. The van der Waals surface area contributed by atoms with Gasteiger partial charge >= 0.3 is 6.18 Å². The first-order valence-electron chi connectivity index (χ1n) is 4.42. The number of hydrogen-bond acceptors (Lipinski definition) is 1. The molecular formula is C10H9ClF3NO. The largest absolute Gasteiger partial charge is 0.397 e. The highest BCUT2D eigenvalue weighted by Crippen LogP contribution is 2.20. The van der Waals surface area contributed by atoms with Gasteiger partial charge in [0.2, 0.25) is 5.91 Å². The molecule has 88 valence electrons. The number of amides is 1. The van der Waals surface area contributed by atoms with Crippen LogP contribution in [0.1, 0.15) is 12.0 Å². The maximum Gasteiger partial charge on any atom is 0.397 e. The van der Waals surface area contributed by atoms with E-state index in [1.54, 1.807) is 12.1 Å². The van der Waals surface area contributed by atoms with Crippen LogP contribution in [-0.4, -0.2) is 12.1 Å². The number of carbonyl (C=O) groups excluding carboxylic acids is 1. The van der Waals surface area contributed by atoms with E-state index in [0.29, 0.717) is 5.69 Å². The van der Waals surface area contributed by atoms with Gasteiger partial charge in [0, 0.05) is 11.6 Å². The quantitative estimate of drug-likeness (QED) is 0.821. The number of halogens is 4. The monoisotopic (exact) mass is 251 g/mol. The van der Waals surface area contributed by atoms with Gasteiger partial charge in [0.1, 0.15) is 6.42 Å². The maximum atomic E-state index is 11.9. The average molecular weight is 252 g/mol. The minimum Gasteiger partial charge on any atom is -0.326 e. The minimum atomic E-state index is -4.49. The van der Waals surface area contributed by atoms with Crippen molar-refractivity contribution >= 4 is 23.2 Å². The lowest BCUT2D eigenvalue weighted by atomic mass is 10.2. The van der Waals surface area contributed by atoms with Gasteiger partial charge in [-0.1, -0.05) is 12.1 Å². The fourth-order valence-corrected chi connectivity index (χ4v) is 1.29. The van der Waals surface area contributed by atoms with Gasteiger partial charge < -0.3 is 5.32 Å². The Labute approximate surface area is 95.4 Å². The summed E-state index contributed by atoms with van der Waals surface area (Å²) in [6, 6.07) is 6.36. The van der Waals surface area contributed by atoms with Crippen LogP contribution >= 0.6 is 11.6 Å². The van der Waals surface area contributed by atoms with Crippen LogP contribution in [0.3, 0.4) is 0 Å². The van der Waals surface area contributed by atoms with E-state index in [1.807, 2.05) is 0 Å². The van der Waals surface area contributed by atoms with Crippen LogP contribution in [0.4, 0.5) is 18.9 Å². The fraction of sp³-hybridized carbons (Fsp3) is 0.300. The molecule has 0 bridgehead atoms. The predicted octanol–water partition coefficient (Wildman–Crippen LogP) is 3.32. The summed E-state index contributed by atoms with van der Waals surface area (Å²) < 4.78 is 35.6. The van der Waals surface area contributed by atoms with Crippen molar-refractivity contribution in [3.63, 3.8) is 0 Å². The van der Waals surface area contributed by atoms with Gasteiger partial charge in [0.25, 0.3) is 0 Å². The first-order chi connectivity index (χ1) is 7.40. The van der Waals surface area contributed by atoms with Gasteiger partial charge in [-0.25, -0.2) is 0 Å². The van der Waals surface area contributed by atoms with E-state index in [0.717, 1.165) is 5.56 Å². The standard InChI is InChI=1S/C10H9ClF3NO/c11-6-7-2-1-3-8(4-7)15-9(16)5-10(12,13)14/h1-4H,5-6H2,(H,15,16). The van der Waals surface area contributed by atoms with Crippen molar-refractivity contribution in [1.82, 2.24) is 0 Å². The van der Waals surface area contributed by atoms with Crippen LogP contribution in [0.2, 0.25) is 0 Å². The van der Waals surface area contributed by atoms with Crippen LogP contribution in [0.5, 0.6) is 0 Å². The molecule has 16 heavy (non-hydrogen) atoms. The minimum absolute atomic E-state index is 0.239. The number of carbonyl (C=O) groups is 1. The van der Waals surface area contributed by atoms with Gasteiger partial charge in [0.05, 0.1) is 0 Å². The van der Waals surface area contributed by atoms with E-state index in [1.165, 1.54) is 12.1 Å². The lowest BCUT2D eigenvalue weighted by Crippen LogP contribution is -2.21. The summed E-state index contributed by atoms with van der Waals surface area (Å²) in [6.07, 6.45) is -5.98. The Morgan fingerprint density at radius 3 is 2.62 bits per heavy atom. The molecule has 0 atom stereocenters. The summed E-state index contributed by atoms with van der Waals surface area (Å²) in [4.78, 5) is 11.0. The van der Waals surface area contributed by atoms with Gasteiger partial charge in [-0.15, -0.1) is 11.6 Å². The van der Waals surface area contributed by atoms with E-state index in [-0.39, 0.29) is 5.88 Å². The zero-order valence-corrected chi connectivity index (χ0v) is 8.90. The van der Waals surface area contributed by atoms with E-state index in [9.17, 15) is 18.0 Å². The normalized spacial score (nSPS) is 11.2. The molecule has 0 fully saturated rings. The molecule has 1 amide bonds. The summed E-state index contributed by atoms with van der Waals surface area (Å²) in [5, 5.41) is 2.16. The van der Waals surface area contributed by atoms with Gasteiger partial charge in [-0.3, -0.25) is 4.79 Å². The second-order valence-electron chi connectivity index (χ2n) is 3.17. The third kappa shape index (κ3) is 4.53. The molecule has 6 heteroatoms. The summed E-state index contributed by atoms with van der Waals surface area (Å²) >= 11 is 5.55. The zero-order chi connectivity index (χ0) is 12.2. The maximum absolute atomic E-state index is 11.9. The van der Waals surface area contributed by atoms with Crippen molar-refractivity contribution in [1.29, 1.82) is 0 Å². The Balaban J connectivity index is 2.62. The first kappa shape index (κ1) is 12.8. The molecule has 0 aromatic heterocycles. The van der Waals surface area contributed by atoms with Crippen molar-refractivity contribution in [2.24, 2.45) is 0 Å². The molecule has 1 aromatic carbocycles. The van der Waals surface area contributed by atoms with Crippen LogP contribution in [0.25, 0.3) is 0 Å². The second-order valence-corrected chi connectivity index (χ2v) is 3.44. The molecule has 0 aliphatic carbocycles. The number of anilines is 1. The van der Waals surface area contributed by atoms with Crippen molar-refractivity contribution in [3.8, 4) is 0 Å². The Morgan fingerprint density at radius 1 is 1.38 bits per heavy atom. The molecule has 2 nitrogen and oxygen atoms in total. The summed E-state index contributed by atoms with van der Waals surface area (Å²) in [5.74, 6) is -0.845. The molecule has 1 rings (SSSR count). The van der Waals surface area contributed by atoms with E-state index in [4.69, 9.17) is 11.6 Å². The molecular weight excluding hydrogens is 243 g/mol. The van der Waals surface area contributed by atoms with E-state index >= 15 is 0 Å². The molecule has 0 heterocycles. The highest BCUT2D eigenvalue weighted by molar-refractivity contribution is 6.17. The number of hydrogen-bond donors (Lipinski definition) is 1. The van der Waals surface area contributed by atoms with Gasteiger partial charge in [0.15, 0.2) is 0 Å². The molecule has 0 radical (unpaired) electrons. The summed E-state index contributed by atoms with van der Waals surface area (Å²) in [7, 11) is 0. The Kier molecular flexibility index (Phi) is 4.18. The number of nitrogens with one attached hydrogen (secondary N) is 1. The van der Waals surface area contributed by atoms with Crippen molar-refractivity contribution in [3.05, 3.63) is 29.8 Å². The molecule has 1 N–H and O–H groups in total. The second kappa shape index (κ2) is 5.21. The number of alkyl halides is 4. The van der Waals surface area contributed by atoms with E-state index < -0.39 is 18.5 Å². The molecule has 0 aliphatic rings. The Hall–Kier alpha value is -1.23. The van der Waals surface area contributed by atoms with Crippen LogP contribution < -0.4 is 5.32 Å². The van der Waals surface area contributed by atoms with Crippen molar-refractivity contribution in [2.45, 2.75) is 18.5 Å². The summed E-state index contributed by atoms with van der Waals surface area (Å²) in [6.45, 7) is 0. The van der Waals surface area contributed by atoms with Crippen molar-refractivity contribution in [2.75, 3.05) is 5.32 Å². The highest BCUT2D eigenvalue weighted by Gasteiger charge is 2.31. The average Bonchev–Trinajstić information content (AvgIpc) is 2.15. The van der Waals surface area contributed by atoms with Crippen LogP contribution in [0, 0.1) is 0 Å². The van der Waals surface area contributed by atoms with Crippen LogP contribution in [-0.2, 0) is 10.7 Å². The lowest BCUT2D eigenvalue weighted by molar-refractivity contribution is -0.150. The predicted molar refractivity (Wildman–Crippen MR) is 55.3 cm³/mol. The van der Waals surface area contributed by atoms with Gasteiger partial charge in [-0.05, 0) is 17.7 Å². The van der Waals surface area contributed by atoms with E-state index in [2.05, 4.69) is 5.32 Å². The SMILES string of the molecule is O=C(CC(F)(F)F)Nc1cccc(CCl)c1. The molecule has 0 unspecified atom stereocenters. The molecule has 1 aromatic rings. The van der Waals surface area contributed by atoms with Crippen LogP contribution in [0.15, 0.2) is 24.3 Å². The fourth-order valence-electron chi connectivity index (χ4n) is 1.12. The van der Waals surface area contributed by atoms with Crippen molar-refractivity contribution < 1.29 is 18.0 Å². The highest BCUT2D eigenvalue weighted by atomic mass is 35.5. The molecule has 0 aliphatic heterocycles. The lowest BCUT2D eigenvalue weighted by Gasteiger charge is -2.08. The molecule has 0 spiro atoms. The summed E-state index contributed by atoms with van der Waals surface area (Å²) in [5.41, 5.74) is 1.04. The molecule has 0 saturated carbocycles. The van der Waals surface area contributed by atoms with Gasteiger partial charge in [-0.2, -0.15) is 13.2 Å². The molecule has 0 saturated heterocycles. The Bertz CT molecular complexity index is 379.